The number of aliphatic carboxylic acids is 2. The Balaban J connectivity index is 5.23. The molecule has 68 heavy (non-hydrogen) atoms. The maximum atomic E-state index is 13.5. The highest BCUT2D eigenvalue weighted by atomic mass is 16.7. The molecule has 0 rings (SSSR count). The van der Waals surface area contributed by atoms with Gasteiger partial charge in [-0.25, -0.2) is 38.4 Å². The van der Waals surface area contributed by atoms with Crippen molar-refractivity contribution in [3.05, 3.63) is 0 Å². The Morgan fingerprint density at radius 3 is 1.03 bits per heavy atom. The summed E-state index contributed by atoms with van der Waals surface area (Å²) in [5.74, 6) is -14.1. The van der Waals surface area contributed by atoms with Gasteiger partial charge in [-0.1, -0.05) is 6.92 Å². The molecule has 0 aliphatic heterocycles. The highest BCUT2D eigenvalue weighted by Gasteiger charge is 2.52. The minimum atomic E-state index is -1.93. The Hall–Kier alpha value is -6.40. The van der Waals surface area contributed by atoms with Gasteiger partial charge in [-0.05, 0) is 95.4 Å². The van der Waals surface area contributed by atoms with Gasteiger partial charge in [0.15, 0.2) is 48.8 Å². The highest BCUT2D eigenvalue weighted by Crippen LogP contribution is 2.47. The fourth-order valence-corrected chi connectivity index (χ4v) is 6.07. The number of carboxylic acid groups (broad SMARTS) is 2. The summed E-state index contributed by atoms with van der Waals surface area (Å²) >= 11 is 0. The van der Waals surface area contributed by atoms with Crippen molar-refractivity contribution in [2.24, 2.45) is 16.2 Å². The second-order valence-electron chi connectivity index (χ2n) is 16.5. The van der Waals surface area contributed by atoms with Crippen molar-refractivity contribution in [1.29, 1.82) is 0 Å². The van der Waals surface area contributed by atoms with E-state index in [-0.39, 0.29) is 12.8 Å². The van der Waals surface area contributed by atoms with Gasteiger partial charge in [0.25, 0.3) is 0 Å². The second-order valence-corrected chi connectivity index (χ2v) is 16.5. The van der Waals surface area contributed by atoms with Gasteiger partial charge in [0.1, 0.15) is 13.2 Å². The molecule has 0 radical (unpaired) electrons. The number of ether oxygens (including phenoxy) is 11. The van der Waals surface area contributed by atoms with Crippen LogP contribution in [0.2, 0.25) is 0 Å². The van der Waals surface area contributed by atoms with Crippen LogP contribution >= 0.6 is 0 Å². The number of carboxylic acids is 2. The quantitative estimate of drug-likeness (QED) is 0.0610. The molecule has 25 nitrogen and oxygen atoms in total. The molecule has 10 unspecified atom stereocenters. The van der Waals surface area contributed by atoms with Gasteiger partial charge < -0.3 is 62.3 Å². The molecule has 2 N–H and O–H groups in total. The lowest BCUT2D eigenvalue weighted by Gasteiger charge is -2.39. The summed E-state index contributed by atoms with van der Waals surface area (Å²) < 4.78 is 54.4. The van der Waals surface area contributed by atoms with Crippen molar-refractivity contribution >= 4 is 71.6 Å². The van der Waals surface area contributed by atoms with Crippen molar-refractivity contribution < 1.29 is 120 Å². The minimum absolute atomic E-state index is 0.193. The number of hydrogen-bond donors (Lipinski definition) is 2. The van der Waals surface area contributed by atoms with Crippen LogP contribution in [0.15, 0.2) is 0 Å². The van der Waals surface area contributed by atoms with Crippen LogP contribution in [0.1, 0.15) is 109 Å². The first-order valence-electron chi connectivity index (χ1n) is 21.1. The Morgan fingerprint density at radius 1 is 0.441 bits per heavy atom. The molecule has 0 saturated carbocycles. The average Bonchev–Trinajstić information content (AvgIpc) is 3.25. The second kappa shape index (κ2) is 27.4. The van der Waals surface area contributed by atoms with Crippen molar-refractivity contribution in [2.45, 2.75) is 158 Å². The molecule has 25 heteroatoms. The van der Waals surface area contributed by atoms with Gasteiger partial charge in [-0.15, -0.1) is 0 Å². The van der Waals surface area contributed by atoms with E-state index in [1.165, 1.54) is 48.7 Å². The molecule has 0 saturated heterocycles. The van der Waals surface area contributed by atoms with E-state index in [1.54, 1.807) is 0 Å². The molecular formula is C43H64O25. The van der Waals surface area contributed by atoms with E-state index in [9.17, 15) is 67.7 Å². The van der Waals surface area contributed by atoms with E-state index in [4.69, 9.17) is 52.1 Å². The molecule has 0 heterocycles. The van der Waals surface area contributed by atoms with E-state index in [0.29, 0.717) is 0 Å². The van der Waals surface area contributed by atoms with Gasteiger partial charge in [-0.2, -0.15) is 0 Å². The van der Waals surface area contributed by atoms with Crippen molar-refractivity contribution in [3.8, 4) is 0 Å². The topological polar surface area (TPSA) is 347 Å². The van der Waals surface area contributed by atoms with Crippen molar-refractivity contribution in [3.63, 3.8) is 0 Å². The summed E-state index contributed by atoms with van der Waals surface area (Å²) in [6.07, 6.45) is -14.2. The van der Waals surface area contributed by atoms with Crippen molar-refractivity contribution in [2.75, 3.05) is 27.4 Å². The Kier molecular flexibility index (Phi) is 24.8. The minimum Gasteiger partial charge on any atom is -0.481 e. The van der Waals surface area contributed by atoms with Gasteiger partial charge in [-0.3, -0.25) is 19.2 Å². The maximum absolute atomic E-state index is 13.5. The Morgan fingerprint density at radius 2 is 0.750 bits per heavy atom. The lowest BCUT2D eigenvalue weighted by molar-refractivity contribution is -0.189. The number of esters is 10. The standard InChI is InChI=1S/C43H64O25/c1-15-43(38(54)55,18-29(44)45)20-42(12,19-41(10,11)39(56)59-14)40(57)61-17-16-60-30(46)22(3)62-32(48)24(5)64-34(50)26(7)66-36(52)28(9)68-37(53)27(8)67-35(51)25(6)65-33(49)23(4)63-31(47)21(2)58-13/h21-28H,15-20H2,1-14H3,(H,44,45)(H,54,55). The third-order valence-electron chi connectivity index (χ3n) is 10.0. The monoisotopic (exact) mass is 980 g/mol. The zero-order valence-corrected chi connectivity index (χ0v) is 40.6. The normalized spacial score (nSPS) is 16.5. The molecule has 0 spiro atoms. The summed E-state index contributed by atoms with van der Waals surface area (Å²) in [5, 5.41) is 19.5. The van der Waals surface area contributed by atoms with Gasteiger partial charge in [0.05, 0.1) is 29.8 Å². The average molecular weight is 981 g/mol. The highest BCUT2D eigenvalue weighted by molar-refractivity contribution is 5.88. The number of carbonyl (C=O) groups is 12. The van der Waals surface area contributed by atoms with Gasteiger partial charge in [0, 0.05) is 7.11 Å². The predicted molar refractivity (Wildman–Crippen MR) is 223 cm³/mol. The van der Waals surface area contributed by atoms with E-state index < -0.39 is 163 Å². The molecule has 0 aliphatic rings. The summed E-state index contributed by atoms with van der Waals surface area (Å²) in [6.45, 7) is 13.5. The maximum Gasteiger partial charge on any atom is 0.347 e. The van der Waals surface area contributed by atoms with Crippen LogP contribution < -0.4 is 0 Å². The molecule has 0 aromatic rings. The van der Waals surface area contributed by atoms with E-state index in [1.807, 2.05) is 0 Å². The van der Waals surface area contributed by atoms with Crippen LogP contribution in [0.25, 0.3) is 0 Å². The molecule has 386 valence electrons. The third-order valence-corrected chi connectivity index (χ3v) is 10.0. The summed E-state index contributed by atoms with van der Waals surface area (Å²) in [4.78, 5) is 149. The molecule has 0 bridgehead atoms. The molecule has 0 amide bonds. The smallest absolute Gasteiger partial charge is 0.347 e. The fraction of sp³-hybridized carbons (Fsp3) is 0.721. The number of rotatable bonds is 29. The van der Waals surface area contributed by atoms with Gasteiger partial charge in [0.2, 0.25) is 0 Å². The number of methoxy groups -OCH3 is 2. The summed E-state index contributed by atoms with van der Waals surface area (Å²) in [6, 6.07) is 0. The summed E-state index contributed by atoms with van der Waals surface area (Å²) in [7, 11) is 2.36. The summed E-state index contributed by atoms with van der Waals surface area (Å²) in [5.41, 5.74) is -5.07. The lowest BCUT2D eigenvalue weighted by Crippen LogP contribution is -2.45. The Bertz CT molecular complexity index is 1860. The molecule has 10 atom stereocenters. The first kappa shape index (κ1) is 61.6. The molecular weight excluding hydrogens is 916 g/mol. The Labute approximate surface area is 392 Å². The van der Waals surface area contributed by atoms with Crippen LogP contribution in [-0.2, 0) is 110 Å². The van der Waals surface area contributed by atoms with Crippen LogP contribution in [0.4, 0.5) is 0 Å². The van der Waals surface area contributed by atoms with Gasteiger partial charge >= 0.3 is 71.6 Å². The first-order valence-corrected chi connectivity index (χ1v) is 21.1. The zero-order valence-electron chi connectivity index (χ0n) is 40.6. The van der Waals surface area contributed by atoms with Crippen molar-refractivity contribution in [1.82, 2.24) is 0 Å². The van der Waals surface area contributed by atoms with Crippen LogP contribution in [0.3, 0.4) is 0 Å². The largest absolute Gasteiger partial charge is 0.481 e. The van der Waals surface area contributed by atoms with Crippen LogP contribution in [0, 0.1) is 16.2 Å². The molecule has 0 aliphatic carbocycles. The SMILES string of the molecule is CCC(CC(=O)O)(CC(C)(CC(C)(C)C(=O)OC)C(=O)OCCOC(=O)C(C)OC(=O)C(C)OC(=O)C(C)OC(=O)C(C)OC(=O)C(C)OC(=O)C(C)OC(=O)C(C)OC(=O)C(C)OC)C(=O)O. The van der Waals surface area contributed by atoms with Crippen LogP contribution in [-0.4, -0.2) is 158 Å². The number of hydrogen-bond acceptors (Lipinski definition) is 23. The fourth-order valence-electron chi connectivity index (χ4n) is 6.07. The van der Waals surface area contributed by atoms with E-state index >= 15 is 0 Å². The molecule has 0 aromatic carbocycles. The zero-order chi connectivity index (χ0) is 53.1. The first-order chi connectivity index (χ1) is 31.2. The van der Waals surface area contributed by atoms with Crippen LogP contribution in [0.5, 0.6) is 0 Å². The molecule has 0 aromatic heterocycles. The molecule has 0 fully saturated rings. The predicted octanol–water partition coefficient (Wildman–Crippen LogP) is 1.57. The van der Waals surface area contributed by atoms with E-state index in [2.05, 4.69) is 0 Å². The number of carbonyl (C=O) groups excluding carboxylic acids is 10. The lowest BCUT2D eigenvalue weighted by atomic mass is 9.63. The third kappa shape index (κ3) is 19.4. The van der Waals surface area contributed by atoms with E-state index in [0.717, 1.165) is 48.7 Å².